The van der Waals surface area contributed by atoms with Gasteiger partial charge in [0.25, 0.3) is 0 Å². The summed E-state index contributed by atoms with van der Waals surface area (Å²) < 4.78 is 11.4. The molecular weight excluding hydrogens is 240 g/mol. The van der Waals surface area contributed by atoms with Crippen LogP contribution in [0.1, 0.15) is 31.1 Å². The maximum atomic E-state index is 11.8. The van der Waals surface area contributed by atoms with E-state index in [0.717, 1.165) is 10.8 Å². The zero-order valence-corrected chi connectivity index (χ0v) is 11.5. The number of carbonyl (C=O) groups excluding carboxylic acids is 1. The minimum Gasteiger partial charge on any atom is -0.489 e. The van der Waals surface area contributed by atoms with Crippen molar-refractivity contribution in [1.29, 1.82) is 0 Å². The molecule has 0 saturated carbocycles. The molecule has 19 heavy (non-hydrogen) atoms. The lowest BCUT2D eigenvalue weighted by atomic mass is 10.0. The molecule has 0 saturated heterocycles. The van der Waals surface area contributed by atoms with Crippen LogP contribution in [0.3, 0.4) is 0 Å². The maximum Gasteiger partial charge on any atom is 0.172 e. The van der Waals surface area contributed by atoms with Gasteiger partial charge in [0.1, 0.15) is 0 Å². The van der Waals surface area contributed by atoms with Crippen molar-refractivity contribution < 1.29 is 14.3 Å². The fourth-order valence-electron chi connectivity index (χ4n) is 2.13. The van der Waals surface area contributed by atoms with Gasteiger partial charge in [0.15, 0.2) is 17.3 Å². The molecule has 0 radical (unpaired) electrons. The third-order valence-electron chi connectivity index (χ3n) is 2.91. The second-order valence-electron chi connectivity index (χ2n) is 4.23. The highest BCUT2D eigenvalue weighted by Crippen LogP contribution is 2.39. The Balaban J connectivity index is 2.78. The summed E-state index contributed by atoms with van der Waals surface area (Å²) >= 11 is 0. The Morgan fingerprint density at radius 3 is 2.32 bits per heavy atom. The van der Waals surface area contributed by atoms with E-state index < -0.39 is 0 Å². The average Bonchev–Trinajstić information content (AvgIpc) is 2.41. The summed E-state index contributed by atoms with van der Waals surface area (Å²) in [4.78, 5) is 11.8. The van der Waals surface area contributed by atoms with Crippen LogP contribution < -0.4 is 9.47 Å². The molecule has 0 aliphatic heterocycles. The van der Waals surface area contributed by atoms with E-state index in [9.17, 15) is 4.79 Å². The van der Waals surface area contributed by atoms with E-state index >= 15 is 0 Å². The van der Waals surface area contributed by atoms with Crippen molar-refractivity contribution >= 4 is 16.6 Å². The van der Waals surface area contributed by atoms with Crippen molar-refractivity contribution in [3.05, 3.63) is 35.9 Å². The van der Waals surface area contributed by atoms with Crippen LogP contribution >= 0.6 is 0 Å². The summed E-state index contributed by atoms with van der Waals surface area (Å²) in [6.45, 7) is 6.40. The van der Waals surface area contributed by atoms with E-state index in [0.29, 0.717) is 30.3 Å². The normalized spacial score (nSPS) is 10.5. The van der Waals surface area contributed by atoms with E-state index in [1.807, 2.05) is 44.2 Å². The van der Waals surface area contributed by atoms with Crippen molar-refractivity contribution in [3.63, 3.8) is 0 Å². The van der Waals surface area contributed by atoms with E-state index in [-0.39, 0.29) is 5.78 Å². The summed E-state index contributed by atoms with van der Waals surface area (Å²) in [5, 5.41) is 1.96. The topological polar surface area (TPSA) is 35.5 Å². The fraction of sp³-hybridized carbons (Fsp3) is 0.312. The molecule has 0 aliphatic rings. The number of benzene rings is 2. The lowest BCUT2D eigenvalue weighted by molar-refractivity contribution is 0.101. The molecule has 0 fully saturated rings. The quantitative estimate of drug-likeness (QED) is 0.764. The summed E-state index contributed by atoms with van der Waals surface area (Å²) in [6, 6.07) is 9.72. The smallest absolute Gasteiger partial charge is 0.172 e. The highest BCUT2D eigenvalue weighted by Gasteiger charge is 2.18. The number of ketones is 1. The number of hydrogen-bond donors (Lipinski definition) is 0. The number of hydrogen-bond acceptors (Lipinski definition) is 3. The molecule has 3 nitrogen and oxygen atoms in total. The Kier molecular flexibility index (Phi) is 4.05. The van der Waals surface area contributed by atoms with Crippen molar-refractivity contribution in [2.45, 2.75) is 20.8 Å². The predicted octanol–water partition coefficient (Wildman–Crippen LogP) is 3.84. The van der Waals surface area contributed by atoms with E-state index in [1.165, 1.54) is 0 Å². The lowest BCUT2D eigenvalue weighted by Crippen LogP contribution is -2.05. The molecule has 0 atom stereocenters. The van der Waals surface area contributed by atoms with Gasteiger partial charge >= 0.3 is 0 Å². The molecule has 2 aromatic rings. The Morgan fingerprint density at radius 1 is 1.05 bits per heavy atom. The second-order valence-corrected chi connectivity index (χ2v) is 4.23. The first kappa shape index (κ1) is 13.4. The number of rotatable bonds is 5. The fourth-order valence-corrected chi connectivity index (χ4v) is 2.13. The molecule has 0 aromatic heterocycles. The van der Waals surface area contributed by atoms with Gasteiger partial charge in [0, 0.05) is 5.39 Å². The van der Waals surface area contributed by atoms with Crippen molar-refractivity contribution in [3.8, 4) is 11.5 Å². The molecule has 0 heterocycles. The molecule has 0 bridgehead atoms. The minimum atomic E-state index is -0.0184. The van der Waals surface area contributed by atoms with Crippen molar-refractivity contribution in [2.75, 3.05) is 13.2 Å². The summed E-state index contributed by atoms with van der Waals surface area (Å²) in [5.41, 5.74) is 0.573. The lowest BCUT2D eigenvalue weighted by Gasteiger charge is -2.16. The van der Waals surface area contributed by atoms with Gasteiger partial charge in [0.2, 0.25) is 0 Å². The van der Waals surface area contributed by atoms with Crippen LogP contribution in [0.2, 0.25) is 0 Å². The van der Waals surface area contributed by atoms with Crippen molar-refractivity contribution in [2.24, 2.45) is 0 Å². The molecule has 0 N–H and O–H groups in total. The van der Waals surface area contributed by atoms with Gasteiger partial charge in [-0.15, -0.1) is 0 Å². The van der Waals surface area contributed by atoms with Crippen LogP contribution in [0.15, 0.2) is 30.3 Å². The molecular formula is C16H18O3. The van der Waals surface area contributed by atoms with Crippen LogP contribution in [0.5, 0.6) is 11.5 Å². The molecule has 2 aromatic carbocycles. The first-order chi connectivity index (χ1) is 9.19. The molecule has 100 valence electrons. The SMILES string of the molecule is CCOc1c(C(C)=O)cc2ccccc2c1OCC. The monoisotopic (exact) mass is 258 g/mol. The first-order valence-corrected chi connectivity index (χ1v) is 6.51. The number of ether oxygens (including phenoxy) is 2. The Labute approximate surface area is 113 Å². The zero-order chi connectivity index (χ0) is 13.8. The Morgan fingerprint density at radius 2 is 1.68 bits per heavy atom. The van der Waals surface area contributed by atoms with Gasteiger partial charge in [0.05, 0.1) is 18.8 Å². The summed E-state index contributed by atoms with van der Waals surface area (Å²) in [5.74, 6) is 1.19. The molecule has 3 heteroatoms. The van der Waals surface area contributed by atoms with Gasteiger partial charge in [-0.3, -0.25) is 4.79 Å². The van der Waals surface area contributed by atoms with Crippen LogP contribution in [0.4, 0.5) is 0 Å². The predicted molar refractivity (Wildman–Crippen MR) is 76.3 cm³/mol. The number of fused-ring (bicyclic) bond motifs is 1. The van der Waals surface area contributed by atoms with E-state index in [4.69, 9.17) is 9.47 Å². The molecule has 0 unspecified atom stereocenters. The standard InChI is InChI=1S/C16H18O3/c1-4-18-15-13-9-7-6-8-12(13)10-14(11(3)17)16(15)19-5-2/h6-10H,4-5H2,1-3H3. The van der Waals surface area contributed by atoms with Gasteiger partial charge in [-0.05, 0) is 32.2 Å². The van der Waals surface area contributed by atoms with E-state index in [1.54, 1.807) is 6.92 Å². The Bertz CT molecular complexity index is 602. The molecule has 0 amide bonds. The number of Topliss-reactive ketones (excluding diaryl/α,β-unsaturated/α-hetero) is 1. The number of carbonyl (C=O) groups is 1. The summed E-state index contributed by atoms with van der Waals surface area (Å²) in [7, 11) is 0. The minimum absolute atomic E-state index is 0.0184. The van der Waals surface area contributed by atoms with Gasteiger partial charge in [-0.25, -0.2) is 0 Å². The molecule has 0 spiro atoms. The molecule has 2 rings (SSSR count). The van der Waals surface area contributed by atoms with Gasteiger partial charge in [-0.1, -0.05) is 24.3 Å². The highest BCUT2D eigenvalue weighted by molar-refractivity contribution is 6.04. The third kappa shape index (κ3) is 2.55. The third-order valence-corrected chi connectivity index (χ3v) is 2.91. The largest absolute Gasteiger partial charge is 0.489 e. The highest BCUT2D eigenvalue weighted by atomic mass is 16.5. The summed E-state index contributed by atoms with van der Waals surface area (Å²) in [6.07, 6.45) is 0. The van der Waals surface area contributed by atoms with Crippen LogP contribution in [-0.4, -0.2) is 19.0 Å². The zero-order valence-electron chi connectivity index (χ0n) is 11.5. The van der Waals surface area contributed by atoms with Crippen LogP contribution in [0.25, 0.3) is 10.8 Å². The Hall–Kier alpha value is -2.03. The van der Waals surface area contributed by atoms with Crippen molar-refractivity contribution in [1.82, 2.24) is 0 Å². The average molecular weight is 258 g/mol. The van der Waals surface area contributed by atoms with Gasteiger partial charge in [-0.2, -0.15) is 0 Å². The van der Waals surface area contributed by atoms with Gasteiger partial charge < -0.3 is 9.47 Å². The van der Waals surface area contributed by atoms with Crippen LogP contribution in [-0.2, 0) is 0 Å². The van der Waals surface area contributed by atoms with E-state index in [2.05, 4.69) is 0 Å². The first-order valence-electron chi connectivity index (χ1n) is 6.51. The van der Waals surface area contributed by atoms with Crippen LogP contribution in [0, 0.1) is 0 Å². The molecule has 0 aliphatic carbocycles. The maximum absolute atomic E-state index is 11.8. The second kappa shape index (κ2) is 5.74.